The van der Waals surface area contributed by atoms with Crippen LogP contribution in [0.25, 0.3) is 0 Å². The number of halogens is 1. The number of hydrogen-bond acceptors (Lipinski definition) is 3. The SMILES string of the molecule is Cc1nn(C)c(NC(C)c2ccccc2F)c1C(N)=S. The van der Waals surface area contributed by atoms with Gasteiger partial charge in [-0.25, -0.2) is 4.39 Å². The van der Waals surface area contributed by atoms with E-state index in [4.69, 9.17) is 18.0 Å². The lowest BCUT2D eigenvalue weighted by atomic mass is 10.1. The Kier molecular flexibility index (Phi) is 4.04. The number of hydrogen-bond donors (Lipinski definition) is 2. The monoisotopic (exact) mass is 292 g/mol. The molecule has 1 aromatic heterocycles. The van der Waals surface area contributed by atoms with Gasteiger partial charge in [0.1, 0.15) is 16.6 Å². The molecule has 0 amide bonds. The standard InChI is InChI=1S/C14H17FN4S/c1-8(10-6-4-5-7-11(10)15)17-14-12(13(16)20)9(2)18-19(14)3/h4-8,17H,1-3H3,(H2,16,20). The van der Waals surface area contributed by atoms with Gasteiger partial charge in [-0.05, 0) is 19.9 Å². The zero-order chi connectivity index (χ0) is 14.9. The first kappa shape index (κ1) is 14.5. The van der Waals surface area contributed by atoms with E-state index in [1.807, 2.05) is 13.8 Å². The van der Waals surface area contributed by atoms with E-state index in [2.05, 4.69) is 10.4 Å². The molecule has 0 aliphatic rings. The Balaban J connectivity index is 2.36. The molecule has 6 heteroatoms. The molecule has 1 aromatic carbocycles. The van der Waals surface area contributed by atoms with Crippen molar-refractivity contribution in [3.63, 3.8) is 0 Å². The summed E-state index contributed by atoms with van der Waals surface area (Å²) in [7, 11) is 1.80. The van der Waals surface area contributed by atoms with Crippen LogP contribution in [-0.2, 0) is 7.05 Å². The Morgan fingerprint density at radius 1 is 1.45 bits per heavy atom. The number of anilines is 1. The average molecular weight is 292 g/mol. The topological polar surface area (TPSA) is 55.9 Å². The molecule has 0 aliphatic heterocycles. The maximum absolute atomic E-state index is 13.8. The van der Waals surface area contributed by atoms with Crippen molar-refractivity contribution in [1.29, 1.82) is 0 Å². The minimum absolute atomic E-state index is 0.223. The van der Waals surface area contributed by atoms with Crippen LogP contribution >= 0.6 is 12.2 Å². The van der Waals surface area contributed by atoms with Crippen molar-refractivity contribution in [1.82, 2.24) is 9.78 Å². The second-order valence-electron chi connectivity index (χ2n) is 4.68. The van der Waals surface area contributed by atoms with Crippen LogP contribution in [0.3, 0.4) is 0 Å². The molecule has 0 radical (unpaired) electrons. The van der Waals surface area contributed by atoms with Crippen molar-refractivity contribution in [2.75, 3.05) is 5.32 Å². The van der Waals surface area contributed by atoms with Gasteiger partial charge >= 0.3 is 0 Å². The van der Waals surface area contributed by atoms with Crippen molar-refractivity contribution in [2.45, 2.75) is 19.9 Å². The first-order valence-corrected chi connectivity index (χ1v) is 6.67. The zero-order valence-corrected chi connectivity index (χ0v) is 12.5. The summed E-state index contributed by atoms with van der Waals surface area (Å²) in [5, 5.41) is 7.53. The van der Waals surface area contributed by atoms with Crippen LogP contribution in [0.5, 0.6) is 0 Å². The molecule has 1 heterocycles. The summed E-state index contributed by atoms with van der Waals surface area (Å²) >= 11 is 5.06. The van der Waals surface area contributed by atoms with Gasteiger partial charge in [0.25, 0.3) is 0 Å². The lowest BCUT2D eigenvalue weighted by Gasteiger charge is -2.17. The maximum Gasteiger partial charge on any atom is 0.135 e. The van der Waals surface area contributed by atoms with E-state index >= 15 is 0 Å². The van der Waals surface area contributed by atoms with Crippen LogP contribution in [-0.4, -0.2) is 14.8 Å². The summed E-state index contributed by atoms with van der Waals surface area (Å²) in [5.41, 5.74) is 7.77. The highest BCUT2D eigenvalue weighted by atomic mass is 32.1. The summed E-state index contributed by atoms with van der Waals surface area (Å²) in [6.45, 7) is 3.72. The Hall–Kier alpha value is -1.95. The average Bonchev–Trinajstić information content (AvgIpc) is 2.64. The Bertz CT molecular complexity index is 651. The number of aromatic nitrogens is 2. The number of nitrogens with one attached hydrogen (secondary N) is 1. The van der Waals surface area contributed by atoms with Crippen LogP contribution in [0.15, 0.2) is 24.3 Å². The zero-order valence-electron chi connectivity index (χ0n) is 11.6. The van der Waals surface area contributed by atoms with Crippen LogP contribution < -0.4 is 11.1 Å². The van der Waals surface area contributed by atoms with Gasteiger partial charge in [0.15, 0.2) is 0 Å². The quantitative estimate of drug-likeness (QED) is 0.851. The fourth-order valence-corrected chi connectivity index (χ4v) is 2.47. The van der Waals surface area contributed by atoms with E-state index in [1.54, 1.807) is 29.9 Å². The third kappa shape index (κ3) is 2.65. The molecule has 0 saturated heterocycles. The van der Waals surface area contributed by atoms with Crippen LogP contribution in [0.1, 0.15) is 29.8 Å². The molecule has 0 aliphatic carbocycles. The summed E-state index contributed by atoms with van der Waals surface area (Å²) in [6.07, 6.45) is 0. The second-order valence-corrected chi connectivity index (χ2v) is 5.12. The predicted molar refractivity (Wildman–Crippen MR) is 82.3 cm³/mol. The number of rotatable bonds is 4. The molecule has 3 N–H and O–H groups in total. The minimum Gasteiger partial charge on any atom is -0.389 e. The molecule has 2 rings (SSSR count). The van der Waals surface area contributed by atoms with E-state index in [0.717, 1.165) is 5.69 Å². The minimum atomic E-state index is -0.247. The summed E-state index contributed by atoms with van der Waals surface area (Å²) in [4.78, 5) is 0.277. The van der Waals surface area contributed by atoms with E-state index in [9.17, 15) is 4.39 Å². The van der Waals surface area contributed by atoms with Crippen LogP contribution in [0.2, 0.25) is 0 Å². The molecule has 0 spiro atoms. The molecular weight excluding hydrogens is 275 g/mol. The Morgan fingerprint density at radius 2 is 2.10 bits per heavy atom. The number of nitrogens with zero attached hydrogens (tertiary/aromatic N) is 2. The normalized spacial score (nSPS) is 12.2. The van der Waals surface area contributed by atoms with E-state index in [1.165, 1.54) is 6.07 Å². The van der Waals surface area contributed by atoms with Crippen LogP contribution in [0.4, 0.5) is 10.2 Å². The second kappa shape index (κ2) is 5.58. The van der Waals surface area contributed by atoms with Crippen LogP contribution in [0, 0.1) is 12.7 Å². The highest BCUT2D eigenvalue weighted by Gasteiger charge is 2.18. The molecule has 2 aromatic rings. The van der Waals surface area contributed by atoms with Crippen molar-refractivity contribution in [3.05, 3.63) is 46.9 Å². The lowest BCUT2D eigenvalue weighted by Crippen LogP contribution is -2.17. The predicted octanol–water partition coefficient (Wildman–Crippen LogP) is 2.67. The third-order valence-electron chi connectivity index (χ3n) is 3.19. The lowest BCUT2D eigenvalue weighted by molar-refractivity contribution is 0.598. The molecule has 0 fully saturated rings. The van der Waals surface area contributed by atoms with Crippen molar-refractivity contribution in [2.24, 2.45) is 12.8 Å². The summed E-state index contributed by atoms with van der Waals surface area (Å²) < 4.78 is 15.5. The molecular formula is C14H17FN4S. The summed E-state index contributed by atoms with van der Waals surface area (Å²) in [6, 6.07) is 6.44. The Labute approximate surface area is 122 Å². The van der Waals surface area contributed by atoms with E-state index in [-0.39, 0.29) is 16.8 Å². The molecule has 4 nitrogen and oxygen atoms in total. The smallest absolute Gasteiger partial charge is 0.135 e. The van der Waals surface area contributed by atoms with Gasteiger partial charge in [0.05, 0.1) is 17.3 Å². The van der Waals surface area contributed by atoms with Crippen molar-refractivity contribution < 1.29 is 4.39 Å². The summed E-state index contributed by atoms with van der Waals surface area (Å²) in [5.74, 6) is 0.453. The molecule has 1 atom stereocenters. The van der Waals surface area contributed by atoms with E-state index < -0.39 is 0 Å². The first-order valence-electron chi connectivity index (χ1n) is 6.26. The molecule has 20 heavy (non-hydrogen) atoms. The number of benzene rings is 1. The van der Waals surface area contributed by atoms with Crippen molar-refractivity contribution >= 4 is 23.0 Å². The van der Waals surface area contributed by atoms with Gasteiger partial charge in [0.2, 0.25) is 0 Å². The Morgan fingerprint density at radius 3 is 2.70 bits per heavy atom. The largest absolute Gasteiger partial charge is 0.389 e. The maximum atomic E-state index is 13.8. The van der Waals surface area contributed by atoms with E-state index in [0.29, 0.717) is 16.9 Å². The first-order chi connectivity index (χ1) is 9.41. The highest BCUT2D eigenvalue weighted by molar-refractivity contribution is 7.80. The van der Waals surface area contributed by atoms with Gasteiger partial charge in [-0.15, -0.1) is 0 Å². The number of aryl methyl sites for hydroxylation is 2. The van der Waals surface area contributed by atoms with Gasteiger partial charge in [-0.2, -0.15) is 5.10 Å². The van der Waals surface area contributed by atoms with Gasteiger partial charge in [-0.3, -0.25) is 4.68 Å². The molecule has 0 saturated carbocycles. The van der Waals surface area contributed by atoms with Gasteiger partial charge in [0, 0.05) is 12.6 Å². The third-order valence-corrected chi connectivity index (χ3v) is 3.40. The highest BCUT2D eigenvalue weighted by Crippen LogP contribution is 2.25. The fourth-order valence-electron chi connectivity index (χ4n) is 2.23. The molecule has 0 bridgehead atoms. The molecule has 106 valence electrons. The van der Waals surface area contributed by atoms with Crippen molar-refractivity contribution in [3.8, 4) is 0 Å². The number of thiocarbonyl (C=S) groups is 1. The van der Waals surface area contributed by atoms with Gasteiger partial charge in [-0.1, -0.05) is 30.4 Å². The fraction of sp³-hybridized carbons (Fsp3) is 0.286. The number of nitrogens with two attached hydrogens (primary N) is 1. The van der Waals surface area contributed by atoms with Gasteiger partial charge < -0.3 is 11.1 Å². The molecule has 1 unspecified atom stereocenters.